The minimum absolute atomic E-state index is 0.347. The Morgan fingerprint density at radius 2 is 2.29 bits per heavy atom. The van der Waals surface area contributed by atoms with Crippen molar-refractivity contribution in [1.29, 1.82) is 5.41 Å². The summed E-state index contributed by atoms with van der Waals surface area (Å²) in [6.07, 6.45) is 1.76. The molecule has 92 valence electrons. The summed E-state index contributed by atoms with van der Waals surface area (Å²) < 4.78 is 5.34. The highest BCUT2D eigenvalue weighted by Crippen LogP contribution is 2.29. The zero-order valence-corrected chi connectivity index (χ0v) is 10.4. The average Bonchev–Trinajstić information content (AvgIpc) is 2.35. The van der Waals surface area contributed by atoms with Gasteiger partial charge in [0.1, 0.15) is 5.75 Å². The van der Waals surface area contributed by atoms with Crippen molar-refractivity contribution in [2.75, 3.05) is 25.2 Å². The Labute approximate surface area is 102 Å². The summed E-state index contributed by atoms with van der Waals surface area (Å²) in [5, 5.41) is 7.53. The molecule has 4 heteroatoms. The van der Waals surface area contributed by atoms with E-state index in [0.29, 0.717) is 18.9 Å². The standard InChI is InChI=1S/C13H19N3O/c1-4-11-5-6-12(13(7-11)17-3)16(9-14)8-10(2)15/h4-7,15H,1,8-9,14H2,2-3H3. The number of ether oxygens (including phenoxy) is 1. The van der Waals surface area contributed by atoms with Gasteiger partial charge < -0.3 is 20.8 Å². The Morgan fingerprint density at radius 3 is 2.76 bits per heavy atom. The second-order valence-corrected chi connectivity index (χ2v) is 3.80. The third-order valence-corrected chi connectivity index (χ3v) is 2.43. The fourth-order valence-electron chi connectivity index (χ4n) is 1.62. The number of hydrogen-bond acceptors (Lipinski definition) is 4. The van der Waals surface area contributed by atoms with Crippen LogP contribution in [0.2, 0.25) is 0 Å². The highest BCUT2D eigenvalue weighted by Gasteiger charge is 2.11. The van der Waals surface area contributed by atoms with Crippen LogP contribution < -0.4 is 15.4 Å². The average molecular weight is 233 g/mol. The van der Waals surface area contributed by atoms with Gasteiger partial charge in [-0.2, -0.15) is 0 Å². The van der Waals surface area contributed by atoms with Gasteiger partial charge in [0.15, 0.2) is 0 Å². The zero-order chi connectivity index (χ0) is 12.8. The first-order chi connectivity index (χ1) is 8.12. The molecule has 0 saturated carbocycles. The van der Waals surface area contributed by atoms with Gasteiger partial charge in [0.2, 0.25) is 0 Å². The van der Waals surface area contributed by atoms with Crippen LogP contribution in [-0.2, 0) is 0 Å². The normalized spacial score (nSPS) is 9.82. The van der Waals surface area contributed by atoms with Crippen LogP contribution in [0.15, 0.2) is 24.8 Å². The van der Waals surface area contributed by atoms with Crippen molar-refractivity contribution in [3.63, 3.8) is 0 Å². The minimum Gasteiger partial charge on any atom is -0.495 e. The van der Waals surface area contributed by atoms with E-state index in [1.54, 1.807) is 20.1 Å². The first-order valence-corrected chi connectivity index (χ1v) is 5.42. The molecule has 0 aliphatic heterocycles. The number of nitrogens with two attached hydrogens (primary N) is 1. The molecule has 0 fully saturated rings. The van der Waals surface area contributed by atoms with E-state index in [9.17, 15) is 0 Å². The van der Waals surface area contributed by atoms with Gasteiger partial charge in [-0.15, -0.1) is 0 Å². The second kappa shape index (κ2) is 6.06. The highest BCUT2D eigenvalue weighted by molar-refractivity contribution is 5.84. The van der Waals surface area contributed by atoms with E-state index in [2.05, 4.69) is 6.58 Å². The minimum atomic E-state index is 0.347. The lowest BCUT2D eigenvalue weighted by molar-refractivity contribution is 0.414. The van der Waals surface area contributed by atoms with Crippen molar-refractivity contribution >= 4 is 17.5 Å². The van der Waals surface area contributed by atoms with Gasteiger partial charge in [-0.05, 0) is 24.6 Å². The van der Waals surface area contributed by atoms with Crippen molar-refractivity contribution in [2.24, 2.45) is 5.73 Å². The summed E-state index contributed by atoms with van der Waals surface area (Å²) in [6, 6.07) is 5.79. The summed E-state index contributed by atoms with van der Waals surface area (Å²) >= 11 is 0. The number of rotatable bonds is 6. The Balaban J connectivity index is 3.09. The molecule has 0 radical (unpaired) electrons. The third kappa shape index (κ3) is 3.32. The summed E-state index contributed by atoms with van der Waals surface area (Å²) in [5.41, 5.74) is 8.15. The first-order valence-electron chi connectivity index (χ1n) is 5.42. The van der Waals surface area contributed by atoms with Crippen LogP contribution in [0.25, 0.3) is 6.08 Å². The first kappa shape index (κ1) is 13.3. The summed E-state index contributed by atoms with van der Waals surface area (Å²) in [5.74, 6) is 0.745. The van der Waals surface area contributed by atoms with Gasteiger partial charge in [0.05, 0.1) is 26.0 Å². The Kier molecular flexibility index (Phi) is 4.72. The summed E-state index contributed by atoms with van der Waals surface area (Å²) in [7, 11) is 1.62. The third-order valence-electron chi connectivity index (χ3n) is 2.43. The van der Waals surface area contributed by atoms with Crippen molar-refractivity contribution in [3.8, 4) is 5.75 Å². The Morgan fingerprint density at radius 1 is 1.59 bits per heavy atom. The maximum absolute atomic E-state index is 7.53. The molecule has 1 aromatic rings. The SMILES string of the molecule is C=Cc1ccc(N(CN)CC(C)=N)c(OC)c1. The van der Waals surface area contributed by atoms with E-state index in [1.807, 2.05) is 23.1 Å². The van der Waals surface area contributed by atoms with Crippen LogP contribution in [0.4, 0.5) is 5.69 Å². The van der Waals surface area contributed by atoms with E-state index in [1.165, 1.54) is 0 Å². The molecular weight excluding hydrogens is 214 g/mol. The molecule has 0 atom stereocenters. The number of hydrogen-bond donors (Lipinski definition) is 2. The monoisotopic (exact) mass is 233 g/mol. The number of nitrogens with one attached hydrogen (secondary N) is 1. The van der Waals surface area contributed by atoms with E-state index >= 15 is 0 Å². The second-order valence-electron chi connectivity index (χ2n) is 3.80. The van der Waals surface area contributed by atoms with Gasteiger partial charge in [-0.25, -0.2) is 0 Å². The molecule has 0 spiro atoms. The maximum atomic E-state index is 7.53. The van der Waals surface area contributed by atoms with Crippen LogP contribution in [0.1, 0.15) is 12.5 Å². The fourth-order valence-corrected chi connectivity index (χ4v) is 1.62. The molecule has 0 saturated heterocycles. The number of anilines is 1. The maximum Gasteiger partial charge on any atom is 0.142 e. The summed E-state index contributed by atoms with van der Waals surface area (Å²) in [6.45, 7) is 6.33. The van der Waals surface area contributed by atoms with Crippen molar-refractivity contribution < 1.29 is 4.74 Å². The molecule has 1 aromatic carbocycles. The molecule has 0 aromatic heterocycles. The van der Waals surface area contributed by atoms with E-state index in [0.717, 1.165) is 17.0 Å². The topological polar surface area (TPSA) is 62.3 Å². The number of nitrogens with zero attached hydrogens (tertiary/aromatic N) is 1. The number of methoxy groups -OCH3 is 1. The van der Waals surface area contributed by atoms with E-state index in [-0.39, 0.29) is 0 Å². The van der Waals surface area contributed by atoms with E-state index < -0.39 is 0 Å². The smallest absolute Gasteiger partial charge is 0.142 e. The summed E-state index contributed by atoms with van der Waals surface area (Å²) in [4.78, 5) is 1.90. The molecule has 17 heavy (non-hydrogen) atoms. The quantitative estimate of drug-likeness (QED) is 0.584. The molecule has 0 aliphatic carbocycles. The lowest BCUT2D eigenvalue weighted by Crippen LogP contribution is -2.34. The lowest BCUT2D eigenvalue weighted by atomic mass is 10.1. The van der Waals surface area contributed by atoms with Crippen molar-refractivity contribution in [3.05, 3.63) is 30.3 Å². The molecule has 0 amide bonds. The van der Waals surface area contributed by atoms with Crippen LogP contribution in [0.3, 0.4) is 0 Å². The predicted molar refractivity (Wildman–Crippen MR) is 72.9 cm³/mol. The van der Waals surface area contributed by atoms with Gasteiger partial charge >= 0.3 is 0 Å². The van der Waals surface area contributed by atoms with Crippen molar-refractivity contribution in [2.45, 2.75) is 6.92 Å². The molecule has 0 unspecified atom stereocenters. The largest absolute Gasteiger partial charge is 0.495 e. The molecule has 0 bridgehead atoms. The molecular formula is C13H19N3O. The highest BCUT2D eigenvalue weighted by atomic mass is 16.5. The van der Waals surface area contributed by atoms with Gasteiger partial charge in [0.25, 0.3) is 0 Å². The zero-order valence-electron chi connectivity index (χ0n) is 10.4. The van der Waals surface area contributed by atoms with Gasteiger partial charge in [-0.3, -0.25) is 0 Å². The molecule has 0 heterocycles. The van der Waals surface area contributed by atoms with Gasteiger partial charge in [-0.1, -0.05) is 18.7 Å². The van der Waals surface area contributed by atoms with E-state index in [4.69, 9.17) is 15.9 Å². The van der Waals surface area contributed by atoms with Crippen LogP contribution in [-0.4, -0.2) is 26.0 Å². The van der Waals surface area contributed by atoms with Crippen molar-refractivity contribution in [1.82, 2.24) is 0 Å². The predicted octanol–water partition coefficient (Wildman–Crippen LogP) is 2.10. The molecule has 3 N–H and O–H groups in total. The Bertz CT molecular complexity index is 415. The number of benzene rings is 1. The van der Waals surface area contributed by atoms with Crippen LogP contribution in [0.5, 0.6) is 5.75 Å². The Hall–Kier alpha value is -1.81. The van der Waals surface area contributed by atoms with Crippen LogP contribution in [0, 0.1) is 5.41 Å². The molecule has 1 rings (SSSR count). The van der Waals surface area contributed by atoms with Gasteiger partial charge in [0, 0.05) is 5.71 Å². The fraction of sp³-hybridized carbons (Fsp3) is 0.308. The molecule has 0 aliphatic rings. The van der Waals surface area contributed by atoms with Crippen LogP contribution >= 0.6 is 0 Å². The lowest BCUT2D eigenvalue weighted by Gasteiger charge is -2.24. The molecule has 4 nitrogen and oxygen atoms in total.